The van der Waals surface area contributed by atoms with Crippen LogP contribution in [0.1, 0.15) is 173 Å². The molecule has 0 spiro atoms. The van der Waals surface area contributed by atoms with Crippen molar-refractivity contribution in [1.82, 2.24) is 0 Å². The number of ether oxygens (including phenoxy) is 4. The topological polar surface area (TPSA) is 71.1 Å². The van der Waals surface area contributed by atoms with Gasteiger partial charge in [-0.2, -0.15) is 0 Å². The quantitative estimate of drug-likeness (QED) is 0.0605. The Kier molecular flexibility index (Phi) is 19.1. The number of benzene rings is 2. The summed E-state index contributed by atoms with van der Waals surface area (Å²) in [5.41, 5.74) is 2.02. The zero-order valence-electron chi connectivity index (χ0n) is 29.8. The van der Waals surface area contributed by atoms with E-state index in [1.54, 1.807) is 6.07 Å². The molecule has 1 atom stereocenters. The molecule has 0 saturated heterocycles. The molecule has 0 amide bonds. The molecule has 0 aliphatic carbocycles. The van der Waals surface area contributed by atoms with Crippen molar-refractivity contribution in [3.05, 3.63) is 47.5 Å². The number of carbonyl (C=O) groups is 2. The molecule has 1 aliphatic heterocycles. The van der Waals surface area contributed by atoms with Gasteiger partial charge in [0, 0.05) is 30.5 Å². The number of hydrogen-bond acceptors (Lipinski definition) is 6. The third-order valence-corrected chi connectivity index (χ3v) is 9.05. The van der Waals surface area contributed by atoms with Crippen molar-refractivity contribution in [3.63, 3.8) is 0 Å². The lowest BCUT2D eigenvalue weighted by atomic mass is 9.96. The molecule has 1 aliphatic rings. The molecule has 0 bridgehead atoms. The van der Waals surface area contributed by atoms with Gasteiger partial charge in [0.1, 0.15) is 29.1 Å². The van der Waals surface area contributed by atoms with Crippen LogP contribution in [0.4, 0.5) is 0 Å². The molecule has 6 nitrogen and oxygen atoms in total. The smallest absolute Gasteiger partial charge is 0.311 e. The summed E-state index contributed by atoms with van der Waals surface area (Å²) in [6.45, 7) is 6.92. The van der Waals surface area contributed by atoms with Crippen molar-refractivity contribution in [2.45, 2.75) is 168 Å². The molecule has 0 fully saturated rings. The van der Waals surface area contributed by atoms with Gasteiger partial charge in [-0.05, 0) is 56.4 Å². The molecule has 0 aromatic heterocycles. The van der Waals surface area contributed by atoms with Crippen LogP contribution in [-0.2, 0) is 16.0 Å². The molecule has 1 unspecified atom stereocenters. The molecule has 0 radical (unpaired) electrons. The van der Waals surface area contributed by atoms with Gasteiger partial charge in [0.15, 0.2) is 0 Å². The Labute approximate surface area is 285 Å². The summed E-state index contributed by atoms with van der Waals surface area (Å²) in [6.07, 6.45) is 24.1. The number of aryl methyl sites for hydroxylation is 1. The highest BCUT2D eigenvalue weighted by atomic mass is 16.5. The Morgan fingerprint density at radius 1 is 0.638 bits per heavy atom. The average molecular weight is 651 g/mol. The fraction of sp³-hybridized carbons (Fsp3) is 0.659. The molecule has 2 aromatic carbocycles. The van der Waals surface area contributed by atoms with E-state index in [1.807, 2.05) is 37.3 Å². The third-order valence-electron chi connectivity index (χ3n) is 9.05. The summed E-state index contributed by atoms with van der Waals surface area (Å²) in [7, 11) is 0. The average Bonchev–Trinajstić information content (AvgIpc) is 3.07. The number of esters is 2. The Balaban J connectivity index is 1.44. The van der Waals surface area contributed by atoms with E-state index >= 15 is 0 Å². The zero-order valence-corrected chi connectivity index (χ0v) is 29.8. The number of hydrogen-bond donors (Lipinski definition) is 0. The highest BCUT2D eigenvalue weighted by Crippen LogP contribution is 2.41. The van der Waals surface area contributed by atoms with Crippen LogP contribution in [-0.4, -0.2) is 18.5 Å². The van der Waals surface area contributed by atoms with Crippen LogP contribution in [0.15, 0.2) is 36.4 Å². The van der Waals surface area contributed by atoms with Crippen molar-refractivity contribution < 1.29 is 28.5 Å². The lowest BCUT2D eigenvalue weighted by Crippen LogP contribution is -2.17. The Morgan fingerprint density at radius 3 is 1.66 bits per heavy atom. The standard InChI is InChI=1S/C41H62O6/c1-4-7-9-11-13-15-17-19-21-23-40(42)45-34-27-25-33-26-30-37(47-38(33)31-34)36-29-28-35(32-39(36)44-6-3)46-41(43)24-22-20-18-16-14-12-10-8-5-2/h25,27-29,31-32,37H,4-24,26,30H2,1-3H3. The Morgan fingerprint density at radius 2 is 1.13 bits per heavy atom. The van der Waals surface area contributed by atoms with E-state index in [4.69, 9.17) is 18.9 Å². The molecule has 3 rings (SSSR count). The van der Waals surface area contributed by atoms with Crippen LogP contribution >= 0.6 is 0 Å². The third kappa shape index (κ3) is 15.2. The van der Waals surface area contributed by atoms with Crippen molar-refractivity contribution in [2.75, 3.05) is 6.61 Å². The monoisotopic (exact) mass is 650 g/mol. The van der Waals surface area contributed by atoms with Gasteiger partial charge >= 0.3 is 11.9 Å². The second-order valence-corrected chi connectivity index (χ2v) is 13.2. The highest BCUT2D eigenvalue weighted by molar-refractivity contribution is 5.73. The van der Waals surface area contributed by atoms with E-state index in [2.05, 4.69) is 13.8 Å². The molecular weight excluding hydrogens is 588 g/mol. The molecule has 0 saturated carbocycles. The van der Waals surface area contributed by atoms with E-state index in [9.17, 15) is 9.59 Å². The minimum atomic E-state index is -0.219. The van der Waals surface area contributed by atoms with E-state index in [1.165, 1.54) is 89.9 Å². The first kappa shape index (κ1) is 38.4. The Hall–Kier alpha value is -3.02. The van der Waals surface area contributed by atoms with E-state index < -0.39 is 0 Å². The second-order valence-electron chi connectivity index (χ2n) is 13.2. The zero-order chi connectivity index (χ0) is 33.5. The molecule has 1 heterocycles. The summed E-state index contributed by atoms with van der Waals surface area (Å²) in [5.74, 6) is 2.01. The van der Waals surface area contributed by atoms with Gasteiger partial charge in [0.2, 0.25) is 0 Å². The second kappa shape index (κ2) is 23.3. The van der Waals surface area contributed by atoms with Crippen LogP contribution in [0.3, 0.4) is 0 Å². The fourth-order valence-corrected chi connectivity index (χ4v) is 6.28. The predicted molar refractivity (Wildman–Crippen MR) is 191 cm³/mol. The van der Waals surface area contributed by atoms with Crippen molar-refractivity contribution in [3.8, 4) is 23.0 Å². The normalized spacial score (nSPS) is 13.9. The van der Waals surface area contributed by atoms with Crippen LogP contribution in [0.2, 0.25) is 0 Å². The first-order chi connectivity index (χ1) is 23.0. The summed E-state index contributed by atoms with van der Waals surface area (Å²) < 4.78 is 23.8. The molecular formula is C41H62O6. The minimum absolute atomic E-state index is 0.193. The lowest BCUT2D eigenvalue weighted by Gasteiger charge is -2.28. The molecule has 47 heavy (non-hydrogen) atoms. The fourth-order valence-electron chi connectivity index (χ4n) is 6.28. The SMILES string of the molecule is CCCCCCCCCCCC(=O)Oc1ccc2c(c1)OC(c1ccc(OC(=O)CCCCCCCCCCC)cc1OCC)CC2. The molecule has 6 heteroatoms. The van der Waals surface area contributed by atoms with Crippen LogP contribution in [0.5, 0.6) is 23.0 Å². The molecule has 0 N–H and O–H groups in total. The van der Waals surface area contributed by atoms with Gasteiger partial charge in [-0.25, -0.2) is 0 Å². The van der Waals surface area contributed by atoms with Gasteiger partial charge in [-0.1, -0.05) is 123 Å². The van der Waals surface area contributed by atoms with Crippen molar-refractivity contribution in [2.24, 2.45) is 0 Å². The number of fused-ring (bicyclic) bond motifs is 1. The van der Waals surface area contributed by atoms with Gasteiger partial charge in [-0.3, -0.25) is 9.59 Å². The number of carbonyl (C=O) groups excluding carboxylic acids is 2. The molecule has 2 aromatic rings. The van der Waals surface area contributed by atoms with Crippen LogP contribution in [0.25, 0.3) is 0 Å². The van der Waals surface area contributed by atoms with E-state index in [-0.39, 0.29) is 18.0 Å². The predicted octanol–water partition coefficient (Wildman–Crippen LogP) is 11.8. The van der Waals surface area contributed by atoms with Crippen molar-refractivity contribution in [1.29, 1.82) is 0 Å². The summed E-state index contributed by atoms with van der Waals surface area (Å²) in [6, 6.07) is 11.3. The first-order valence-electron chi connectivity index (χ1n) is 19.0. The summed E-state index contributed by atoms with van der Waals surface area (Å²) in [4.78, 5) is 25.1. The van der Waals surface area contributed by atoms with Gasteiger partial charge < -0.3 is 18.9 Å². The number of rotatable bonds is 25. The van der Waals surface area contributed by atoms with Crippen LogP contribution in [0, 0.1) is 0 Å². The van der Waals surface area contributed by atoms with Gasteiger partial charge in [0.05, 0.1) is 6.61 Å². The van der Waals surface area contributed by atoms with E-state index in [0.29, 0.717) is 36.7 Å². The maximum Gasteiger partial charge on any atom is 0.311 e. The summed E-state index contributed by atoms with van der Waals surface area (Å²) >= 11 is 0. The Bertz CT molecular complexity index is 1170. The maximum atomic E-state index is 12.5. The number of unbranched alkanes of at least 4 members (excludes halogenated alkanes) is 16. The van der Waals surface area contributed by atoms with Crippen molar-refractivity contribution >= 4 is 11.9 Å². The van der Waals surface area contributed by atoms with Gasteiger partial charge in [0.25, 0.3) is 0 Å². The van der Waals surface area contributed by atoms with Gasteiger partial charge in [-0.15, -0.1) is 0 Å². The summed E-state index contributed by atoms with van der Waals surface area (Å²) in [5, 5.41) is 0. The maximum absolute atomic E-state index is 12.5. The minimum Gasteiger partial charge on any atom is -0.493 e. The highest BCUT2D eigenvalue weighted by Gasteiger charge is 2.25. The lowest BCUT2D eigenvalue weighted by molar-refractivity contribution is -0.135. The largest absolute Gasteiger partial charge is 0.493 e. The van der Waals surface area contributed by atoms with Crippen LogP contribution < -0.4 is 18.9 Å². The first-order valence-corrected chi connectivity index (χ1v) is 19.0. The molecule has 262 valence electrons. The van der Waals surface area contributed by atoms with E-state index in [0.717, 1.165) is 55.4 Å².